The number of aliphatic hydroxyl groups is 1. The van der Waals surface area contributed by atoms with Crippen molar-refractivity contribution in [2.45, 2.75) is 37.3 Å². The molecule has 2 aromatic carbocycles. The molecular formula is C23H25N3O. The lowest BCUT2D eigenvalue weighted by Crippen LogP contribution is -2.47. The SMILES string of the molecule is O[C@@H]1Cc2ccccc2C12CCN(Cc1ccnn1-c1ccccc1)CC2. The molecule has 0 bridgehead atoms. The summed E-state index contributed by atoms with van der Waals surface area (Å²) in [4.78, 5) is 2.50. The lowest BCUT2D eigenvalue weighted by atomic mass is 9.72. The van der Waals surface area contributed by atoms with E-state index in [9.17, 15) is 5.11 Å². The van der Waals surface area contributed by atoms with Crippen LogP contribution in [0.15, 0.2) is 66.9 Å². The number of benzene rings is 2. The Balaban J connectivity index is 1.32. The monoisotopic (exact) mass is 359 g/mol. The van der Waals surface area contributed by atoms with Crippen LogP contribution in [-0.4, -0.2) is 39.0 Å². The number of fused-ring (bicyclic) bond motifs is 2. The minimum Gasteiger partial charge on any atom is -0.392 e. The summed E-state index contributed by atoms with van der Waals surface area (Å²) in [5.41, 5.74) is 4.98. The number of aliphatic hydroxyl groups excluding tert-OH is 1. The Hall–Kier alpha value is -2.43. The maximum absolute atomic E-state index is 10.8. The molecule has 27 heavy (non-hydrogen) atoms. The van der Waals surface area contributed by atoms with Crippen LogP contribution in [0.25, 0.3) is 5.69 Å². The highest BCUT2D eigenvalue weighted by atomic mass is 16.3. The summed E-state index contributed by atoms with van der Waals surface area (Å²) < 4.78 is 2.03. The zero-order valence-electron chi connectivity index (χ0n) is 15.5. The fraction of sp³-hybridized carbons (Fsp3) is 0.348. The summed E-state index contributed by atoms with van der Waals surface area (Å²) in [6, 6.07) is 21.0. The summed E-state index contributed by atoms with van der Waals surface area (Å²) in [5, 5.41) is 15.3. The van der Waals surface area contributed by atoms with Gasteiger partial charge in [0.2, 0.25) is 0 Å². The Morgan fingerprint density at radius 3 is 2.52 bits per heavy atom. The molecule has 4 nitrogen and oxygen atoms in total. The first kappa shape index (κ1) is 16.7. The van der Waals surface area contributed by atoms with E-state index >= 15 is 0 Å². The zero-order chi connectivity index (χ0) is 18.3. The van der Waals surface area contributed by atoms with E-state index in [1.54, 1.807) is 0 Å². The van der Waals surface area contributed by atoms with Crippen LogP contribution < -0.4 is 0 Å². The standard InChI is InChI=1S/C23H25N3O/c27-22-16-18-6-4-5-9-21(18)23(22)11-14-25(15-12-23)17-20-10-13-24-26(20)19-7-2-1-3-8-19/h1-10,13,22,27H,11-12,14-17H2/t22-/m1/s1. The van der Waals surface area contributed by atoms with Gasteiger partial charge in [-0.05, 0) is 61.7 Å². The maximum Gasteiger partial charge on any atom is 0.0678 e. The van der Waals surface area contributed by atoms with Gasteiger partial charge in [0.1, 0.15) is 0 Å². The molecule has 4 heteroatoms. The first-order chi connectivity index (χ1) is 13.3. The summed E-state index contributed by atoms with van der Waals surface area (Å²) in [6.07, 6.45) is 4.48. The highest BCUT2D eigenvalue weighted by Gasteiger charge is 2.47. The quantitative estimate of drug-likeness (QED) is 0.780. The molecule has 1 N–H and O–H groups in total. The molecule has 1 spiro atoms. The van der Waals surface area contributed by atoms with Crippen LogP contribution in [0.2, 0.25) is 0 Å². The van der Waals surface area contributed by atoms with Gasteiger partial charge in [-0.15, -0.1) is 0 Å². The first-order valence-electron chi connectivity index (χ1n) is 9.83. The molecule has 1 atom stereocenters. The summed E-state index contributed by atoms with van der Waals surface area (Å²) in [5.74, 6) is 0. The van der Waals surface area contributed by atoms with Crippen molar-refractivity contribution in [1.29, 1.82) is 0 Å². The molecule has 3 aromatic rings. The lowest BCUT2D eigenvalue weighted by molar-refractivity contribution is 0.0409. The average molecular weight is 359 g/mol. The van der Waals surface area contributed by atoms with Crippen LogP contribution in [-0.2, 0) is 18.4 Å². The van der Waals surface area contributed by atoms with Crippen molar-refractivity contribution >= 4 is 0 Å². The van der Waals surface area contributed by atoms with Crippen molar-refractivity contribution in [2.24, 2.45) is 0 Å². The van der Waals surface area contributed by atoms with Crippen molar-refractivity contribution in [3.05, 3.63) is 83.7 Å². The number of nitrogens with zero attached hydrogens (tertiary/aromatic N) is 3. The Morgan fingerprint density at radius 2 is 1.70 bits per heavy atom. The molecule has 1 aliphatic heterocycles. The van der Waals surface area contributed by atoms with Crippen molar-refractivity contribution in [3.8, 4) is 5.69 Å². The molecule has 1 saturated heterocycles. The molecule has 2 heterocycles. The zero-order valence-corrected chi connectivity index (χ0v) is 15.5. The third kappa shape index (κ3) is 2.80. The minimum atomic E-state index is -0.244. The van der Waals surface area contributed by atoms with Gasteiger partial charge in [0.15, 0.2) is 0 Å². The molecule has 0 radical (unpaired) electrons. The van der Waals surface area contributed by atoms with E-state index in [-0.39, 0.29) is 11.5 Å². The molecule has 1 fully saturated rings. The van der Waals surface area contributed by atoms with Crippen molar-refractivity contribution in [3.63, 3.8) is 0 Å². The largest absolute Gasteiger partial charge is 0.392 e. The van der Waals surface area contributed by atoms with Gasteiger partial charge in [0.25, 0.3) is 0 Å². The second-order valence-electron chi connectivity index (χ2n) is 7.88. The Kier molecular flexibility index (Phi) is 4.10. The molecule has 138 valence electrons. The van der Waals surface area contributed by atoms with E-state index in [0.29, 0.717) is 0 Å². The topological polar surface area (TPSA) is 41.3 Å². The Morgan fingerprint density at radius 1 is 0.963 bits per heavy atom. The van der Waals surface area contributed by atoms with E-state index < -0.39 is 0 Å². The Bertz CT molecular complexity index is 926. The number of para-hydroxylation sites is 1. The van der Waals surface area contributed by atoms with Crippen molar-refractivity contribution in [1.82, 2.24) is 14.7 Å². The van der Waals surface area contributed by atoms with Gasteiger partial charge < -0.3 is 5.11 Å². The van der Waals surface area contributed by atoms with Gasteiger partial charge in [-0.2, -0.15) is 5.10 Å². The number of rotatable bonds is 3. The number of aromatic nitrogens is 2. The highest BCUT2D eigenvalue weighted by Crippen LogP contribution is 2.46. The average Bonchev–Trinajstić information content (AvgIpc) is 3.28. The van der Waals surface area contributed by atoms with E-state index in [1.165, 1.54) is 16.8 Å². The van der Waals surface area contributed by atoms with Gasteiger partial charge in [0, 0.05) is 18.2 Å². The van der Waals surface area contributed by atoms with E-state index in [0.717, 1.165) is 44.6 Å². The smallest absolute Gasteiger partial charge is 0.0678 e. The number of piperidine rings is 1. The number of hydrogen-bond acceptors (Lipinski definition) is 3. The minimum absolute atomic E-state index is 0.0488. The van der Waals surface area contributed by atoms with Crippen LogP contribution >= 0.6 is 0 Å². The van der Waals surface area contributed by atoms with Gasteiger partial charge in [-0.3, -0.25) is 4.90 Å². The third-order valence-electron chi connectivity index (χ3n) is 6.46. The molecule has 5 rings (SSSR count). The van der Waals surface area contributed by atoms with Gasteiger partial charge in [-0.25, -0.2) is 4.68 Å². The first-order valence-corrected chi connectivity index (χ1v) is 9.83. The second-order valence-corrected chi connectivity index (χ2v) is 7.88. The fourth-order valence-corrected chi connectivity index (χ4v) is 4.96. The molecule has 2 aliphatic rings. The number of likely N-dealkylation sites (tertiary alicyclic amines) is 1. The van der Waals surface area contributed by atoms with Crippen LogP contribution in [0, 0.1) is 0 Å². The number of hydrogen-bond donors (Lipinski definition) is 1. The van der Waals surface area contributed by atoms with E-state index in [4.69, 9.17) is 0 Å². The van der Waals surface area contributed by atoms with Gasteiger partial charge in [-0.1, -0.05) is 42.5 Å². The van der Waals surface area contributed by atoms with Crippen molar-refractivity contribution in [2.75, 3.05) is 13.1 Å². The normalized spacial score (nSPS) is 21.4. The molecular weight excluding hydrogens is 334 g/mol. The summed E-state index contributed by atoms with van der Waals surface area (Å²) >= 11 is 0. The van der Waals surface area contributed by atoms with E-state index in [1.807, 2.05) is 29.1 Å². The predicted octanol–water partition coefficient (Wildman–Crippen LogP) is 3.32. The van der Waals surface area contributed by atoms with Crippen LogP contribution in [0.1, 0.15) is 29.7 Å². The summed E-state index contributed by atoms with van der Waals surface area (Å²) in [7, 11) is 0. The molecule has 0 saturated carbocycles. The van der Waals surface area contributed by atoms with Crippen LogP contribution in [0.5, 0.6) is 0 Å². The van der Waals surface area contributed by atoms with E-state index in [2.05, 4.69) is 52.5 Å². The highest BCUT2D eigenvalue weighted by molar-refractivity contribution is 5.42. The Labute approximate surface area is 160 Å². The van der Waals surface area contributed by atoms with Crippen LogP contribution in [0.3, 0.4) is 0 Å². The third-order valence-corrected chi connectivity index (χ3v) is 6.46. The predicted molar refractivity (Wildman–Crippen MR) is 106 cm³/mol. The van der Waals surface area contributed by atoms with Gasteiger partial charge in [0.05, 0.1) is 17.5 Å². The molecule has 0 amide bonds. The van der Waals surface area contributed by atoms with Gasteiger partial charge >= 0.3 is 0 Å². The molecule has 1 aliphatic carbocycles. The lowest BCUT2D eigenvalue weighted by Gasteiger charge is -2.42. The molecule has 1 aromatic heterocycles. The fourth-order valence-electron chi connectivity index (χ4n) is 4.96. The summed E-state index contributed by atoms with van der Waals surface area (Å²) in [6.45, 7) is 2.90. The maximum atomic E-state index is 10.8. The van der Waals surface area contributed by atoms with Crippen molar-refractivity contribution < 1.29 is 5.11 Å². The van der Waals surface area contributed by atoms with Crippen LogP contribution in [0.4, 0.5) is 0 Å². The molecule has 0 unspecified atom stereocenters. The second kappa shape index (κ2) is 6.63.